The molecule has 1 aliphatic heterocycles. The molecule has 7 heteroatoms. The summed E-state index contributed by atoms with van der Waals surface area (Å²) < 4.78 is 5.22. The van der Waals surface area contributed by atoms with Gasteiger partial charge >= 0.3 is 0 Å². The molecule has 6 nitrogen and oxygen atoms in total. The summed E-state index contributed by atoms with van der Waals surface area (Å²) in [5, 5.41) is 5.56. The quantitative estimate of drug-likeness (QED) is 0.827. The van der Waals surface area contributed by atoms with Gasteiger partial charge in [0.25, 0.3) is 0 Å². The number of benzene rings is 2. The van der Waals surface area contributed by atoms with Crippen molar-refractivity contribution < 1.29 is 14.3 Å². The number of thioether (sulfide) groups is 1. The van der Waals surface area contributed by atoms with Crippen molar-refractivity contribution >= 4 is 40.1 Å². The second-order valence-corrected chi connectivity index (χ2v) is 7.45. The van der Waals surface area contributed by atoms with Gasteiger partial charge < -0.3 is 15.4 Å². The van der Waals surface area contributed by atoms with E-state index in [9.17, 15) is 9.59 Å². The molecule has 0 saturated carbocycles. The zero-order chi connectivity index (χ0) is 19.4. The van der Waals surface area contributed by atoms with Crippen LogP contribution in [-0.4, -0.2) is 29.3 Å². The highest BCUT2D eigenvalue weighted by Crippen LogP contribution is 2.28. The van der Waals surface area contributed by atoms with Gasteiger partial charge in [0.15, 0.2) is 5.17 Å². The fourth-order valence-corrected chi connectivity index (χ4v) is 3.64. The molecular formula is C20H21N3O3S. The van der Waals surface area contributed by atoms with Gasteiger partial charge in [-0.3, -0.25) is 9.59 Å². The van der Waals surface area contributed by atoms with Gasteiger partial charge in [-0.15, -0.1) is 0 Å². The van der Waals surface area contributed by atoms with E-state index in [1.165, 1.54) is 11.8 Å². The van der Waals surface area contributed by atoms with Crippen molar-refractivity contribution in [1.29, 1.82) is 0 Å². The number of rotatable bonds is 5. The number of methoxy groups -OCH3 is 1. The third-order valence-electron chi connectivity index (χ3n) is 4.11. The zero-order valence-electron chi connectivity index (χ0n) is 15.4. The molecule has 0 radical (unpaired) electrons. The molecule has 0 aliphatic carbocycles. The van der Waals surface area contributed by atoms with E-state index in [1.54, 1.807) is 19.2 Å². The van der Waals surface area contributed by atoms with Crippen molar-refractivity contribution in [2.75, 3.05) is 12.4 Å². The standard InChI is InChI=1S/C20H21N3O3S/c1-12-8-9-13(2)15(10-12)22-20-23-19(25)17(27-20)11-18(24)21-14-6-4-5-7-16(14)26-3/h4-10,17H,11H2,1-3H3,(H,21,24)(H,22,23,25)/t17-/m1/s1. The fourth-order valence-electron chi connectivity index (χ4n) is 2.66. The van der Waals surface area contributed by atoms with Crippen LogP contribution in [0.2, 0.25) is 0 Å². The van der Waals surface area contributed by atoms with Gasteiger partial charge in [-0.25, -0.2) is 4.99 Å². The maximum absolute atomic E-state index is 12.3. The van der Waals surface area contributed by atoms with Gasteiger partial charge in [-0.1, -0.05) is 36.0 Å². The molecule has 1 heterocycles. The Morgan fingerprint density at radius 1 is 1.26 bits per heavy atom. The van der Waals surface area contributed by atoms with E-state index in [2.05, 4.69) is 15.6 Å². The van der Waals surface area contributed by atoms with Gasteiger partial charge in [-0.05, 0) is 43.2 Å². The maximum atomic E-state index is 12.3. The second-order valence-electron chi connectivity index (χ2n) is 6.26. The van der Waals surface area contributed by atoms with Crippen molar-refractivity contribution in [2.24, 2.45) is 4.99 Å². The molecule has 2 N–H and O–H groups in total. The van der Waals surface area contributed by atoms with Crippen LogP contribution in [0.5, 0.6) is 5.75 Å². The highest BCUT2D eigenvalue weighted by molar-refractivity contribution is 8.15. The number of nitrogens with zero attached hydrogens (tertiary/aromatic N) is 1. The Bertz CT molecular complexity index is 911. The first-order valence-corrected chi connectivity index (χ1v) is 9.40. The normalized spacial score (nSPS) is 17.7. The zero-order valence-corrected chi connectivity index (χ0v) is 16.2. The summed E-state index contributed by atoms with van der Waals surface area (Å²) in [6.45, 7) is 3.97. The number of carbonyl (C=O) groups is 2. The number of nitrogens with one attached hydrogen (secondary N) is 2. The van der Waals surface area contributed by atoms with Crippen LogP contribution in [0.25, 0.3) is 0 Å². The molecule has 1 atom stereocenters. The maximum Gasteiger partial charge on any atom is 0.240 e. The van der Waals surface area contributed by atoms with Gasteiger partial charge in [0, 0.05) is 6.42 Å². The molecule has 2 amide bonds. The number of amidine groups is 1. The minimum atomic E-state index is -0.511. The van der Waals surface area contributed by atoms with Crippen LogP contribution in [0.1, 0.15) is 17.5 Å². The van der Waals surface area contributed by atoms with Crippen LogP contribution < -0.4 is 15.4 Å². The molecule has 1 aliphatic rings. The summed E-state index contributed by atoms with van der Waals surface area (Å²) in [5.74, 6) is 0.117. The van der Waals surface area contributed by atoms with Crippen molar-refractivity contribution in [2.45, 2.75) is 25.5 Å². The molecule has 2 aromatic rings. The van der Waals surface area contributed by atoms with Gasteiger partial charge in [0.1, 0.15) is 11.0 Å². The van der Waals surface area contributed by atoms with Gasteiger partial charge in [-0.2, -0.15) is 0 Å². The smallest absolute Gasteiger partial charge is 0.240 e. The molecule has 27 heavy (non-hydrogen) atoms. The summed E-state index contributed by atoms with van der Waals surface area (Å²) >= 11 is 1.27. The number of aliphatic imine (C=N–C) groups is 1. The first-order chi connectivity index (χ1) is 13.0. The first-order valence-electron chi connectivity index (χ1n) is 8.52. The molecule has 1 fully saturated rings. The van der Waals surface area contributed by atoms with E-state index in [1.807, 2.05) is 44.2 Å². The summed E-state index contributed by atoms with van der Waals surface area (Å²) in [6, 6.07) is 13.1. The predicted octanol–water partition coefficient (Wildman–Crippen LogP) is 3.56. The Balaban J connectivity index is 1.66. The van der Waals surface area contributed by atoms with E-state index in [0.29, 0.717) is 16.6 Å². The molecule has 0 unspecified atom stereocenters. The molecule has 3 rings (SSSR count). The Hall–Kier alpha value is -2.80. The number of hydrogen-bond acceptors (Lipinski definition) is 5. The number of hydrogen-bond donors (Lipinski definition) is 2. The lowest BCUT2D eigenvalue weighted by Gasteiger charge is -2.10. The highest BCUT2D eigenvalue weighted by atomic mass is 32.2. The Kier molecular flexibility index (Phi) is 5.81. The van der Waals surface area contributed by atoms with Crippen LogP contribution in [0.4, 0.5) is 11.4 Å². The van der Waals surface area contributed by atoms with Crippen molar-refractivity contribution in [3.8, 4) is 5.75 Å². The summed E-state index contributed by atoms with van der Waals surface area (Å²) in [7, 11) is 1.54. The number of aryl methyl sites for hydroxylation is 2. The van der Waals surface area contributed by atoms with Gasteiger partial charge in [0.2, 0.25) is 11.8 Å². The van der Waals surface area contributed by atoms with E-state index in [-0.39, 0.29) is 18.2 Å². The van der Waals surface area contributed by atoms with Crippen LogP contribution >= 0.6 is 11.8 Å². The average molecular weight is 383 g/mol. The van der Waals surface area contributed by atoms with E-state index in [4.69, 9.17) is 4.74 Å². The van der Waals surface area contributed by atoms with Crippen molar-refractivity contribution in [3.63, 3.8) is 0 Å². The topological polar surface area (TPSA) is 79.8 Å². The number of ether oxygens (including phenoxy) is 1. The Labute approximate surface area is 162 Å². The van der Waals surface area contributed by atoms with E-state index in [0.717, 1.165) is 16.8 Å². The number of carbonyl (C=O) groups excluding carboxylic acids is 2. The Morgan fingerprint density at radius 2 is 2.04 bits per heavy atom. The number of amides is 2. The summed E-state index contributed by atoms with van der Waals surface area (Å²) in [5.41, 5.74) is 3.52. The third-order valence-corrected chi connectivity index (χ3v) is 5.20. The molecular weight excluding hydrogens is 362 g/mol. The highest BCUT2D eigenvalue weighted by Gasteiger charge is 2.32. The minimum Gasteiger partial charge on any atom is -0.495 e. The van der Waals surface area contributed by atoms with E-state index < -0.39 is 5.25 Å². The van der Waals surface area contributed by atoms with Crippen LogP contribution in [0.3, 0.4) is 0 Å². The number of para-hydroxylation sites is 2. The van der Waals surface area contributed by atoms with Crippen LogP contribution in [-0.2, 0) is 9.59 Å². The Morgan fingerprint density at radius 3 is 2.81 bits per heavy atom. The molecule has 2 aromatic carbocycles. The predicted molar refractivity (Wildman–Crippen MR) is 109 cm³/mol. The second kappa shape index (κ2) is 8.26. The van der Waals surface area contributed by atoms with E-state index >= 15 is 0 Å². The SMILES string of the molecule is COc1ccccc1NC(=O)C[C@H]1SC(=Nc2cc(C)ccc2C)NC1=O. The average Bonchev–Trinajstić information content (AvgIpc) is 2.97. The molecule has 0 aromatic heterocycles. The molecule has 0 bridgehead atoms. The fraction of sp³-hybridized carbons (Fsp3) is 0.250. The monoisotopic (exact) mass is 383 g/mol. The first kappa shape index (κ1) is 19.0. The third kappa shape index (κ3) is 4.68. The lowest BCUT2D eigenvalue weighted by Crippen LogP contribution is -2.28. The summed E-state index contributed by atoms with van der Waals surface area (Å²) in [6.07, 6.45) is 0.0559. The molecule has 140 valence electrons. The largest absolute Gasteiger partial charge is 0.495 e. The van der Waals surface area contributed by atoms with Crippen LogP contribution in [0.15, 0.2) is 47.5 Å². The minimum absolute atomic E-state index is 0.0559. The molecule has 0 spiro atoms. The van der Waals surface area contributed by atoms with Crippen molar-refractivity contribution in [3.05, 3.63) is 53.6 Å². The lowest BCUT2D eigenvalue weighted by atomic mass is 10.1. The van der Waals surface area contributed by atoms with Crippen LogP contribution in [0, 0.1) is 13.8 Å². The summed E-state index contributed by atoms with van der Waals surface area (Å²) in [4.78, 5) is 29.1. The number of anilines is 1. The molecule has 1 saturated heterocycles. The van der Waals surface area contributed by atoms with Crippen molar-refractivity contribution in [1.82, 2.24) is 5.32 Å². The van der Waals surface area contributed by atoms with Gasteiger partial charge in [0.05, 0.1) is 18.5 Å². The lowest BCUT2D eigenvalue weighted by molar-refractivity contribution is -0.122.